The van der Waals surface area contributed by atoms with Gasteiger partial charge in [-0.05, 0) is 35.9 Å². The molecule has 2 aromatic carbocycles. The highest BCUT2D eigenvalue weighted by Gasteiger charge is 2.37. The van der Waals surface area contributed by atoms with Crippen LogP contribution in [-0.4, -0.2) is 42.9 Å². The van der Waals surface area contributed by atoms with Gasteiger partial charge in [-0.3, -0.25) is 9.59 Å². The Kier molecular flexibility index (Phi) is 6.52. The second-order valence-electron chi connectivity index (χ2n) is 7.38. The van der Waals surface area contributed by atoms with Gasteiger partial charge in [0.1, 0.15) is 23.4 Å². The Hall–Kier alpha value is -3.56. The van der Waals surface area contributed by atoms with Crippen molar-refractivity contribution in [3.8, 4) is 22.6 Å². The number of methoxy groups -OCH3 is 3. The normalized spacial score (nSPS) is 14.5. The van der Waals surface area contributed by atoms with E-state index in [9.17, 15) is 9.59 Å². The van der Waals surface area contributed by atoms with E-state index in [2.05, 4.69) is 15.7 Å². The Morgan fingerprint density at radius 3 is 2.58 bits per heavy atom. The fourth-order valence-corrected chi connectivity index (χ4v) is 3.94. The molecule has 10 heteroatoms. The molecule has 1 aromatic heterocycles. The number of carbonyl (C=O) groups excluding carboxylic acids is 2. The number of nitrogens with zero attached hydrogens (tertiary/aromatic N) is 2. The quantitative estimate of drug-likeness (QED) is 0.517. The molecule has 2 amide bonds. The van der Waals surface area contributed by atoms with Crippen LogP contribution in [0.2, 0.25) is 5.02 Å². The Balaban J connectivity index is 1.62. The largest absolute Gasteiger partial charge is 0.497 e. The molecule has 0 saturated carbocycles. The summed E-state index contributed by atoms with van der Waals surface area (Å²) < 4.78 is 17.4. The van der Waals surface area contributed by atoms with Crippen LogP contribution < -0.4 is 20.1 Å². The molecule has 0 radical (unpaired) electrons. The summed E-state index contributed by atoms with van der Waals surface area (Å²) >= 11 is 6.04. The van der Waals surface area contributed by atoms with Gasteiger partial charge in [0, 0.05) is 17.7 Å². The van der Waals surface area contributed by atoms with Crippen LogP contribution in [0.5, 0.6) is 11.5 Å². The first-order chi connectivity index (χ1) is 15.9. The molecular formula is C23H23ClN4O5. The topological polar surface area (TPSA) is 104 Å². The van der Waals surface area contributed by atoms with Crippen LogP contribution in [0.15, 0.2) is 42.5 Å². The molecule has 0 spiro atoms. The first-order valence-electron chi connectivity index (χ1n) is 10.1. The molecule has 2 heterocycles. The molecule has 0 bridgehead atoms. The van der Waals surface area contributed by atoms with Crippen molar-refractivity contribution in [2.24, 2.45) is 0 Å². The van der Waals surface area contributed by atoms with Gasteiger partial charge in [0.05, 0.1) is 38.6 Å². The van der Waals surface area contributed by atoms with Gasteiger partial charge in [-0.15, -0.1) is 0 Å². The Labute approximate surface area is 195 Å². The van der Waals surface area contributed by atoms with Crippen LogP contribution in [0.25, 0.3) is 11.1 Å². The number of aromatic nitrogens is 2. The fourth-order valence-electron chi connectivity index (χ4n) is 3.77. The van der Waals surface area contributed by atoms with Gasteiger partial charge in [0.2, 0.25) is 5.91 Å². The van der Waals surface area contributed by atoms with Crippen LogP contribution >= 0.6 is 11.6 Å². The van der Waals surface area contributed by atoms with E-state index in [-0.39, 0.29) is 24.8 Å². The van der Waals surface area contributed by atoms with Crippen LogP contribution in [0.1, 0.15) is 18.2 Å². The molecular weight excluding hydrogens is 448 g/mol. The van der Waals surface area contributed by atoms with Crippen LogP contribution in [-0.2, 0) is 20.9 Å². The summed E-state index contributed by atoms with van der Waals surface area (Å²) in [5, 5.41) is 10.7. The van der Waals surface area contributed by atoms with Crippen molar-refractivity contribution in [3.05, 3.63) is 53.2 Å². The van der Waals surface area contributed by atoms with E-state index in [4.69, 9.17) is 25.8 Å². The summed E-state index contributed by atoms with van der Waals surface area (Å²) in [5.74, 6) is 1.01. The summed E-state index contributed by atoms with van der Waals surface area (Å²) in [6.07, 6.45) is -0.120. The average Bonchev–Trinajstić information content (AvgIpc) is 3.29. The Bertz CT molecular complexity index is 1190. The second kappa shape index (κ2) is 9.51. The molecule has 4 rings (SSSR count). The number of fused-ring (bicyclic) bond motifs is 1. The zero-order valence-corrected chi connectivity index (χ0v) is 19.1. The lowest BCUT2D eigenvalue weighted by molar-refractivity contribution is -0.123. The molecule has 9 nitrogen and oxygen atoms in total. The number of nitrogens with one attached hydrogen (secondary N) is 2. The number of amides is 2. The van der Waals surface area contributed by atoms with Crippen LogP contribution in [0.4, 0.5) is 11.5 Å². The molecule has 2 N–H and O–H groups in total. The van der Waals surface area contributed by atoms with Gasteiger partial charge in [-0.25, -0.2) is 4.68 Å². The third-order valence-electron chi connectivity index (χ3n) is 5.30. The highest BCUT2D eigenvalue weighted by atomic mass is 35.5. The predicted octanol–water partition coefficient (Wildman–Crippen LogP) is 3.89. The summed E-state index contributed by atoms with van der Waals surface area (Å²) in [4.78, 5) is 25.6. The molecule has 1 aliphatic heterocycles. The molecule has 172 valence electrons. The standard InChI is InChI=1S/C23H23ClN4O5/c1-31-12-17-21(13-4-7-15(32-2)8-5-13)22-26-23(30)18(28(22)27-17)11-20(29)25-16-10-14(24)6-9-19(16)33-3/h4-10,18H,11-12H2,1-3H3,(H,25,29)(H,26,30). The van der Waals surface area contributed by atoms with Crippen molar-refractivity contribution in [2.45, 2.75) is 19.1 Å². The average molecular weight is 471 g/mol. The van der Waals surface area contributed by atoms with Crippen molar-refractivity contribution < 1.29 is 23.8 Å². The lowest BCUT2D eigenvalue weighted by Gasteiger charge is -2.13. The summed E-state index contributed by atoms with van der Waals surface area (Å²) in [5.41, 5.74) is 2.66. The van der Waals surface area contributed by atoms with Crippen molar-refractivity contribution in [1.82, 2.24) is 9.78 Å². The number of hydrogen-bond donors (Lipinski definition) is 2. The molecule has 0 fully saturated rings. The highest BCUT2D eigenvalue weighted by molar-refractivity contribution is 6.31. The minimum Gasteiger partial charge on any atom is -0.497 e. The number of carbonyl (C=O) groups is 2. The van der Waals surface area contributed by atoms with Gasteiger partial charge < -0.3 is 24.8 Å². The maximum absolute atomic E-state index is 12.8. The van der Waals surface area contributed by atoms with E-state index >= 15 is 0 Å². The van der Waals surface area contributed by atoms with Gasteiger partial charge >= 0.3 is 0 Å². The number of rotatable bonds is 8. The summed E-state index contributed by atoms with van der Waals surface area (Å²) in [6.45, 7) is 0.246. The SMILES string of the molecule is COCc1nn2c(c1-c1ccc(OC)cc1)NC(=O)C2CC(=O)Nc1cc(Cl)ccc1OC. The Morgan fingerprint density at radius 2 is 1.91 bits per heavy atom. The highest BCUT2D eigenvalue weighted by Crippen LogP contribution is 2.39. The maximum atomic E-state index is 12.8. The number of anilines is 2. The van der Waals surface area contributed by atoms with Gasteiger partial charge in [0.15, 0.2) is 0 Å². The van der Waals surface area contributed by atoms with Gasteiger partial charge in [-0.2, -0.15) is 5.10 Å². The van der Waals surface area contributed by atoms with Gasteiger partial charge in [-0.1, -0.05) is 23.7 Å². The molecule has 3 aromatic rings. The minimum atomic E-state index is -0.812. The molecule has 1 aliphatic rings. The zero-order valence-electron chi connectivity index (χ0n) is 18.3. The Morgan fingerprint density at radius 1 is 1.15 bits per heavy atom. The van der Waals surface area contributed by atoms with E-state index in [1.807, 2.05) is 24.3 Å². The predicted molar refractivity (Wildman–Crippen MR) is 124 cm³/mol. The molecule has 1 unspecified atom stereocenters. The van der Waals surface area contributed by atoms with E-state index in [1.54, 1.807) is 37.1 Å². The van der Waals surface area contributed by atoms with Crippen molar-refractivity contribution >= 4 is 34.9 Å². The third kappa shape index (κ3) is 4.50. The summed E-state index contributed by atoms with van der Waals surface area (Å²) in [7, 11) is 4.67. The van der Waals surface area contributed by atoms with E-state index in [0.717, 1.165) is 11.1 Å². The lowest BCUT2D eigenvalue weighted by atomic mass is 10.1. The minimum absolute atomic E-state index is 0.120. The number of benzene rings is 2. The number of hydrogen-bond acceptors (Lipinski definition) is 6. The first kappa shape index (κ1) is 22.6. The smallest absolute Gasteiger partial charge is 0.251 e. The number of halogens is 1. The lowest BCUT2D eigenvalue weighted by Crippen LogP contribution is -2.24. The van der Waals surface area contributed by atoms with E-state index in [1.165, 1.54) is 7.11 Å². The summed E-state index contributed by atoms with van der Waals surface area (Å²) in [6, 6.07) is 11.5. The fraction of sp³-hybridized carbons (Fsp3) is 0.261. The van der Waals surface area contributed by atoms with Crippen LogP contribution in [0.3, 0.4) is 0 Å². The monoisotopic (exact) mass is 470 g/mol. The van der Waals surface area contributed by atoms with Crippen molar-refractivity contribution in [2.75, 3.05) is 32.0 Å². The molecule has 0 aliphatic carbocycles. The van der Waals surface area contributed by atoms with Crippen LogP contribution in [0, 0.1) is 0 Å². The molecule has 0 saturated heterocycles. The van der Waals surface area contributed by atoms with Gasteiger partial charge in [0.25, 0.3) is 5.91 Å². The van der Waals surface area contributed by atoms with Crippen molar-refractivity contribution in [1.29, 1.82) is 0 Å². The van der Waals surface area contributed by atoms with E-state index in [0.29, 0.717) is 33.7 Å². The zero-order chi connectivity index (χ0) is 23.5. The molecule has 33 heavy (non-hydrogen) atoms. The maximum Gasteiger partial charge on any atom is 0.251 e. The third-order valence-corrected chi connectivity index (χ3v) is 5.53. The second-order valence-corrected chi connectivity index (χ2v) is 7.81. The first-order valence-corrected chi connectivity index (χ1v) is 10.5. The number of ether oxygens (including phenoxy) is 3. The van der Waals surface area contributed by atoms with Crippen molar-refractivity contribution in [3.63, 3.8) is 0 Å². The van der Waals surface area contributed by atoms with E-state index < -0.39 is 6.04 Å². The molecule has 1 atom stereocenters.